The summed E-state index contributed by atoms with van der Waals surface area (Å²) >= 11 is 0. The summed E-state index contributed by atoms with van der Waals surface area (Å²) in [6.45, 7) is 10.3. The van der Waals surface area contributed by atoms with Crippen LogP contribution in [-0.4, -0.2) is 94.7 Å². The van der Waals surface area contributed by atoms with Gasteiger partial charge < -0.3 is 10.2 Å². The first kappa shape index (κ1) is 34.2. The molecule has 4 heterocycles. The topological polar surface area (TPSA) is 108 Å². The van der Waals surface area contributed by atoms with Gasteiger partial charge in [0.05, 0.1) is 18.0 Å². The average molecular weight is 641 g/mol. The third kappa shape index (κ3) is 7.25. The summed E-state index contributed by atoms with van der Waals surface area (Å²) in [5.41, 5.74) is 2.63. The lowest BCUT2D eigenvalue weighted by Gasteiger charge is -2.52. The first-order chi connectivity index (χ1) is 20.0. The molecule has 3 saturated heterocycles. The van der Waals surface area contributed by atoms with E-state index in [0.717, 1.165) is 63.1 Å². The van der Waals surface area contributed by atoms with E-state index in [0.29, 0.717) is 38.4 Å². The Morgan fingerprint density at radius 3 is 2.23 bits per heavy atom. The molecule has 4 aliphatic rings. The minimum absolute atomic E-state index is 0. The summed E-state index contributed by atoms with van der Waals surface area (Å²) in [5, 5.41) is 8.11. The number of carbonyl (C=O) groups excluding carboxylic acids is 2. The molecule has 4 fully saturated rings. The molecule has 1 aromatic heterocycles. The predicted molar refractivity (Wildman–Crippen MR) is 171 cm³/mol. The van der Waals surface area contributed by atoms with Gasteiger partial charge in [-0.25, -0.2) is 12.7 Å². The van der Waals surface area contributed by atoms with Crippen LogP contribution in [0.15, 0.2) is 0 Å². The number of nitrogens with one attached hydrogen (secondary N) is 1. The van der Waals surface area contributed by atoms with Crippen LogP contribution < -0.4 is 5.32 Å². The molecule has 1 aromatic rings. The molecule has 244 valence electrons. The van der Waals surface area contributed by atoms with Gasteiger partial charge in [-0.05, 0) is 58.3 Å². The number of likely N-dealkylation sites (tertiary alicyclic amines) is 1. The van der Waals surface area contributed by atoms with E-state index in [2.05, 4.69) is 35.7 Å². The molecule has 0 radical (unpaired) electrons. The van der Waals surface area contributed by atoms with E-state index < -0.39 is 15.6 Å². The molecule has 2 amide bonds. The number of sulfonamides is 1. The molecular formula is C31H53ClN6O4S. The highest BCUT2D eigenvalue weighted by molar-refractivity contribution is 7.88. The van der Waals surface area contributed by atoms with Crippen LogP contribution in [0.25, 0.3) is 0 Å². The van der Waals surface area contributed by atoms with Crippen LogP contribution in [0.3, 0.4) is 0 Å². The van der Waals surface area contributed by atoms with E-state index in [1.807, 2.05) is 4.90 Å². The van der Waals surface area contributed by atoms with Crippen molar-refractivity contribution in [3.63, 3.8) is 0 Å². The van der Waals surface area contributed by atoms with E-state index in [4.69, 9.17) is 5.10 Å². The Morgan fingerprint density at radius 1 is 0.977 bits per heavy atom. The van der Waals surface area contributed by atoms with Crippen molar-refractivity contribution in [1.82, 2.24) is 29.2 Å². The van der Waals surface area contributed by atoms with Crippen molar-refractivity contribution in [3.8, 4) is 0 Å². The second-order valence-corrected chi connectivity index (χ2v) is 15.4. The normalized spacial score (nSPS) is 24.7. The van der Waals surface area contributed by atoms with Crippen molar-refractivity contribution in [2.45, 2.75) is 122 Å². The van der Waals surface area contributed by atoms with Crippen LogP contribution in [0.2, 0.25) is 0 Å². The fourth-order valence-electron chi connectivity index (χ4n) is 7.93. The first-order valence-corrected chi connectivity index (χ1v) is 18.2. The first-order valence-electron chi connectivity index (χ1n) is 16.4. The van der Waals surface area contributed by atoms with Crippen LogP contribution in [0, 0.1) is 19.8 Å². The van der Waals surface area contributed by atoms with E-state index in [-0.39, 0.29) is 36.3 Å². The molecule has 10 nitrogen and oxygen atoms in total. The van der Waals surface area contributed by atoms with Gasteiger partial charge in [0, 0.05) is 50.5 Å². The maximum Gasteiger partial charge on any atom is 0.246 e. The maximum atomic E-state index is 13.9. The van der Waals surface area contributed by atoms with E-state index in [1.54, 1.807) is 4.31 Å². The summed E-state index contributed by atoms with van der Waals surface area (Å²) < 4.78 is 27.6. The van der Waals surface area contributed by atoms with Gasteiger partial charge in [-0.2, -0.15) is 5.10 Å². The quantitative estimate of drug-likeness (QED) is 0.438. The Kier molecular flexibility index (Phi) is 11.3. The molecule has 5 rings (SSSR count). The molecule has 0 aromatic carbocycles. The third-order valence-corrected chi connectivity index (χ3v) is 11.9. The number of halogens is 1. The number of piperidine rings is 2. The van der Waals surface area contributed by atoms with Crippen molar-refractivity contribution in [3.05, 3.63) is 17.0 Å². The number of hydrogen-bond acceptors (Lipinski definition) is 6. The number of piperazine rings is 1. The molecule has 1 aliphatic carbocycles. The monoisotopic (exact) mass is 640 g/mol. The van der Waals surface area contributed by atoms with Crippen molar-refractivity contribution in [2.75, 3.05) is 39.0 Å². The van der Waals surface area contributed by atoms with E-state index in [9.17, 15) is 18.0 Å². The van der Waals surface area contributed by atoms with Gasteiger partial charge in [0.1, 0.15) is 11.6 Å². The smallest absolute Gasteiger partial charge is 0.246 e. The van der Waals surface area contributed by atoms with Gasteiger partial charge in [-0.3, -0.25) is 19.2 Å². The van der Waals surface area contributed by atoms with Crippen molar-refractivity contribution < 1.29 is 18.0 Å². The minimum Gasteiger partial charge on any atom is -0.342 e. The predicted octanol–water partition coefficient (Wildman–Crippen LogP) is 3.95. The summed E-state index contributed by atoms with van der Waals surface area (Å²) in [6, 6.07) is -0.174. The Labute approximate surface area is 264 Å². The zero-order valence-corrected chi connectivity index (χ0v) is 28.3. The number of rotatable bonds is 9. The van der Waals surface area contributed by atoms with Gasteiger partial charge in [0.2, 0.25) is 21.8 Å². The summed E-state index contributed by atoms with van der Waals surface area (Å²) in [4.78, 5) is 32.1. The molecular weight excluding hydrogens is 588 g/mol. The summed E-state index contributed by atoms with van der Waals surface area (Å²) in [6.07, 6.45) is 12.9. The van der Waals surface area contributed by atoms with Gasteiger partial charge >= 0.3 is 0 Å². The lowest BCUT2D eigenvalue weighted by atomic mass is 9.79. The van der Waals surface area contributed by atoms with Gasteiger partial charge in [0.15, 0.2) is 0 Å². The SMILES string of the molecule is CCCCN1C(=O)[C@H](CC2CCCCC2)NC(=O)C12CCN(Cc1c(C)nn(C3CCN(S(C)(=O)=O)CC3)c1C)CC2.Cl. The van der Waals surface area contributed by atoms with E-state index >= 15 is 0 Å². The Balaban J connectivity index is 0.00000423. The molecule has 1 saturated carbocycles. The molecule has 1 spiro atoms. The van der Waals surface area contributed by atoms with Crippen LogP contribution in [0.5, 0.6) is 0 Å². The minimum atomic E-state index is -3.16. The largest absolute Gasteiger partial charge is 0.342 e. The molecule has 1 N–H and O–H groups in total. The number of nitrogens with zero attached hydrogens (tertiary/aromatic N) is 5. The Morgan fingerprint density at radius 2 is 1.63 bits per heavy atom. The number of carbonyl (C=O) groups is 2. The van der Waals surface area contributed by atoms with Crippen molar-refractivity contribution >= 4 is 34.2 Å². The molecule has 3 aliphatic heterocycles. The second-order valence-electron chi connectivity index (χ2n) is 13.4. The fourth-order valence-corrected chi connectivity index (χ4v) is 8.81. The van der Waals surface area contributed by atoms with Crippen LogP contribution in [0.1, 0.15) is 107 Å². The van der Waals surface area contributed by atoms with Crippen molar-refractivity contribution in [2.24, 2.45) is 5.92 Å². The molecule has 12 heteroatoms. The van der Waals surface area contributed by atoms with E-state index in [1.165, 1.54) is 43.9 Å². The maximum absolute atomic E-state index is 13.9. The summed E-state index contributed by atoms with van der Waals surface area (Å²) in [7, 11) is -3.16. The summed E-state index contributed by atoms with van der Waals surface area (Å²) in [5.74, 6) is 0.729. The average Bonchev–Trinajstić information content (AvgIpc) is 3.25. The second kappa shape index (κ2) is 14.2. The lowest BCUT2D eigenvalue weighted by molar-refractivity contribution is -0.162. The number of hydrogen-bond donors (Lipinski definition) is 1. The van der Waals surface area contributed by atoms with Gasteiger partial charge in [0.25, 0.3) is 0 Å². The molecule has 0 bridgehead atoms. The highest BCUT2D eigenvalue weighted by Gasteiger charge is 2.53. The Hall–Kier alpha value is -1.69. The highest BCUT2D eigenvalue weighted by atomic mass is 35.5. The zero-order chi connectivity index (χ0) is 30.1. The highest BCUT2D eigenvalue weighted by Crippen LogP contribution is 2.37. The molecule has 1 atom stereocenters. The molecule has 43 heavy (non-hydrogen) atoms. The van der Waals surface area contributed by atoms with Gasteiger partial charge in [-0.1, -0.05) is 45.4 Å². The van der Waals surface area contributed by atoms with Crippen LogP contribution in [0.4, 0.5) is 0 Å². The number of aromatic nitrogens is 2. The fraction of sp³-hybridized carbons (Fsp3) is 0.839. The zero-order valence-electron chi connectivity index (χ0n) is 26.6. The third-order valence-electron chi connectivity index (χ3n) is 10.6. The van der Waals surface area contributed by atoms with Gasteiger partial charge in [-0.15, -0.1) is 12.4 Å². The lowest BCUT2D eigenvalue weighted by Crippen LogP contribution is -2.73. The number of unbranched alkanes of at least 4 members (excludes halogenated alkanes) is 1. The van der Waals surface area contributed by atoms with Crippen molar-refractivity contribution in [1.29, 1.82) is 0 Å². The molecule has 0 unspecified atom stereocenters. The standard InChI is InChI=1S/C31H52N6O4S.ClH/c1-5-6-16-36-29(38)28(21-25-10-8-7-9-11-25)32-30(39)31(36)14-19-34(20-15-31)22-27-23(2)33-37(24(27)3)26-12-17-35(18-13-26)42(4,40)41;/h25-26,28H,5-22H2,1-4H3,(H,32,39);1H/t28-;/m0./s1. The number of amides is 2. The van der Waals surface area contributed by atoms with Crippen LogP contribution in [-0.2, 0) is 26.2 Å². The number of aryl methyl sites for hydroxylation is 1. The Bertz CT molecular complexity index is 1230. The van der Waals surface area contributed by atoms with Crippen LogP contribution >= 0.6 is 12.4 Å².